The predicted molar refractivity (Wildman–Crippen MR) is 84.6 cm³/mol. The Morgan fingerprint density at radius 2 is 2.09 bits per heavy atom. The Balaban J connectivity index is 1.53. The van der Waals surface area contributed by atoms with Crippen molar-refractivity contribution in [2.24, 2.45) is 13.0 Å². The first-order valence-corrected chi connectivity index (χ1v) is 8.26. The molecule has 2 fully saturated rings. The van der Waals surface area contributed by atoms with Crippen LogP contribution in [0.2, 0.25) is 0 Å². The maximum atomic E-state index is 12.2. The van der Waals surface area contributed by atoms with Crippen LogP contribution in [0.1, 0.15) is 48.2 Å². The smallest absolute Gasteiger partial charge is 0.253 e. The van der Waals surface area contributed by atoms with Crippen LogP contribution in [0.15, 0.2) is 12.3 Å². The van der Waals surface area contributed by atoms with Crippen LogP contribution in [-0.2, 0) is 11.8 Å². The molecule has 1 atom stereocenters. The zero-order valence-corrected chi connectivity index (χ0v) is 13.5. The average molecular weight is 303 g/mol. The SMILES string of the molecule is Cc1c(C(=O)NCC2CC(=O)N(C3CCCC3)C2)ccn1C. The minimum absolute atomic E-state index is 0.0372. The van der Waals surface area contributed by atoms with E-state index in [4.69, 9.17) is 0 Å². The minimum Gasteiger partial charge on any atom is -0.354 e. The minimum atomic E-state index is -0.0372. The van der Waals surface area contributed by atoms with Crippen molar-refractivity contribution in [2.45, 2.75) is 45.1 Å². The number of carbonyl (C=O) groups excluding carboxylic acids is 2. The van der Waals surface area contributed by atoms with Gasteiger partial charge in [-0.2, -0.15) is 0 Å². The Morgan fingerprint density at radius 1 is 1.36 bits per heavy atom. The molecule has 0 spiro atoms. The number of likely N-dealkylation sites (tertiary alicyclic amines) is 1. The summed E-state index contributed by atoms with van der Waals surface area (Å²) in [5.41, 5.74) is 1.69. The van der Waals surface area contributed by atoms with E-state index in [1.54, 1.807) is 0 Å². The number of nitrogens with one attached hydrogen (secondary N) is 1. The Hall–Kier alpha value is -1.78. The first kappa shape index (κ1) is 15.1. The maximum Gasteiger partial charge on any atom is 0.253 e. The van der Waals surface area contributed by atoms with Crippen molar-refractivity contribution >= 4 is 11.8 Å². The first-order valence-electron chi connectivity index (χ1n) is 8.26. The second-order valence-electron chi connectivity index (χ2n) is 6.69. The molecule has 1 unspecified atom stereocenters. The van der Waals surface area contributed by atoms with Gasteiger partial charge in [-0.3, -0.25) is 9.59 Å². The molecule has 120 valence electrons. The van der Waals surface area contributed by atoms with Crippen LogP contribution in [0, 0.1) is 12.8 Å². The van der Waals surface area contributed by atoms with E-state index in [9.17, 15) is 9.59 Å². The molecular formula is C17H25N3O2. The Labute approximate surface area is 131 Å². The van der Waals surface area contributed by atoms with E-state index in [1.807, 2.05) is 30.8 Å². The largest absolute Gasteiger partial charge is 0.354 e. The van der Waals surface area contributed by atoms with E-state index in [0.717, 1.165) is 30.6 Å². The number of aromatic nitrogens is 1. The van der Waals surface area contributed by atoms with E-state index in [-0.39, 0.29) is 17.7 Å². The molecule has 3 rings (SSSR count). The topological polar surface area (TPSA) is 54.3 Å². The van der Waals surface area contributed by atoms with Crippen LogP contribution in [0.5, 0.6) is 0 Å². The second-order valence-corrected chi connectivity index (χ2v) is 6.69. The summed E-state index contributed by atoms with van der Waals surface area (Å²) in [6.07, 6.45) is 7.24. The van der Waals surface area contributed by atoms with Gasteiger partial charge in [0.05, 0.1) is 5.56 Å². The quantitative estimate of drug-likeness (QED) is 0.923. The van der Waals surface area contributed by atoms with Crippen molar-refractivity contribution in [3.63, 3.8) is 0 Å². The molecule has 2 aliphatic rings. The van der Waals surface area contributed by atoms with Gasteiger partial charge in [-0.1, -0.05) is 12.8 Å². The number of amides is 2. The van der Waals surface area contributed by atoms with Crippen molar-refractivity contribution in [3.05, 3.63) is 23.5 Å². The van der Waals surface area contributed by atoms with Gasteiger partial charge in [0, 0.05) is 50.4 Å². The van der Waals surface area contributed by atoms with Gasteiger partial charge in [0.1, 0.15) is 0 Å². The zero-order chi connectivity index (χ0) is 15.7. The van der Waals surface area contributed by atoms with Gasteiger partial charge in [-0.05, 0) is 25.8 Å². The van der Waals surface area contributed by atoms with Crippen LogP contribution in [0.25, 0.3) is 0 Å². The van der Waals surface area contributed by atoms with E-state index in [1.165, 1.54) is 12.8 Å². The van der Waals surface area contributed by atoms with E-state index >= 15 is 0 Å². The van der Waals surface area contributed by atoms with Crippen molar-refractivity contribution in [2.75, 3.05) is 13.1 Å². The lowest BCUT2D eigenvalue weighted by Gasteiger charge is -2.24. The third kappa shape index (κ3) is 2.89. The van der Waals surface area contributed by atoms with Crippen molar-refractivity contribution in [1.29, 1.82) is 0 Å². The van der Waals surface area contributed by atoms with E-state index in [0.29, 0.717) is 19.0 Å². The number of hydrogen-bond acceptors (Lipinski definition) is 2. The van der Waals surface area contributed by atoms with Gasteiger partial charge in [-0.25, -0.2) is 0 Å². The molecule has 1 aliphatic carbocycles. The predicted octanol–water partition coefficient (Wildman–Crippen LogP) is 1.85. The summed E-state index contributed by atoms with van der Waals surface area (Å²) in [6, 6.07) is 2.29. The number of carbonyl (C=O) groups is 2. The summed E-state index contributed by atoms with van der Waals surface area (Å²) < 4.78 is 1.94. The third-order valence-corrected chi connectivity index (χ3v) is 5.18. The lowest BCUT2D eigenvalue weighted by atomic mass is 10.1. The molecule has 2 heterocycles. The molecule has 1 saturated carbocycles. The summed E-state index contributed by atoms with van der Waals surface area (Å²) in [5.74, 6) is 0.480. The summed E-state index contributed by atoms with van der Waals surface area (Å²) in [7, 11) is 1.93. The second kappa shape index (κ2) is 6.15. The van der Waals surface area contributed by atoms with Gasteiger partial charge in [0.25, 0.3) is 5.91 Å². The van der Waals surface area contributed by atoms with Crippen LogP contribution in [0.3, 0.4) is 0 Å². The molecule has 1 aromatic rings. The molecule has 0 bridgehead atoms. The molecule has 1 N–H and O–H groups in total. The fraction of sp³-hybridized carbons (Fsp3) is 0.647. The summed E-state index contributed by atoms with van der Waals surface area (Å²) in [4.78, 5) is 26.4. The van der Waals surface area contributed by atoms with Gasteiger partial charge in [-0.15, -0.1) is 0 Å². The van der Waals surface area contributed by atoms with Gasteiger partial charge < -0.3 is 14.8 Å². The molecular weight excluding hydrogens is 278 g/mol. The number of rotatable bonds is 4. The molecule has 0 aromatic carbocycles. The molecule has 1 saturated heterocycles. The normalized spacial score (nSPS) is 22.5. The highest BCUT2D eigenvalue weighted by Gasteiger charge is 2.35. The lowest BCUT2D eigenvalue weighted by Crippen LogP contribution is -2.36. The standard InChI is InChI=1S/C17H25N3O2/c1-12-15(7-8-19(12)2)17(22)18-10-13-9-16(21)20(11-13)14-5-3-4-6-14/h7-8,13-14H,3-6,9-11H2,1-2H3,(H,18,22). The summed E-state index contributed by atoms with van der Waals surface area (Å²) in [6.45, 7) is 3.33. The number of hydrogen-bond donors (Lipinski definition) is 1. The van der Waals surface area contributed by atoms with E-state index < -0.39 is 0 Å². The van der Waals surface area contributed by atoms with Gasteiger partial charge in [0.15, 0.2) is 0 Å². The summed E-state index contributed by atoms with van der Waals surface area (Å²) >= 11 is 0. The van der Waals surface area contributed by atoms with Crippen LogP contribution < -0.4 is 5.32 Å². The molecule has 1 aliphatic heterocycles. The van der Waals surface area contributed by atoms with Crippen LogP contribution in [-0.4, -0.2) is 40.4 Å². The monoisotopic (exact) mass is 303 g/mol. The highest BCUT2D eigenvalue weighted by atomic mass is 16.2. The van der Waals surface area contributed by atoms with Crippen LogP contribution in [0.4, 0.5) is 0 Å². The first-order chi connectivity index (χ1) is 10.6. The molecule has 5 heteroatoms. The highest BCUT2D eigenvalue weighted by Crippen LogP contribution is 2.29. The number of aryl methyl sites for hydroxylation is 1. The molecule has 1 aromatic heterocycles. The molecule has 22 heavy (non-hydrogen) atoms. The fourth-order valence-electron chi connectivity index (χ4n) is 3.70. The Kier molecular flexibility index (Phi) is 4.23. The van der Waals surface area contributed by atoms with E-state index in [2.05, 4.69) is 10.2 Å². The van der Waals surface area contributed by atoms with Crippen molar-refractivity contribution < 1.29 is 9.59 Å². The zero-order valence-electron chi connectivity index (χ0n) is 13.5. The van der Waals surface area contributed by atoms with Crippen LogP contribution >= 0.6 is 0 Å². The third-order valence-electron chi connectivity index (χ3n) is 5.18. The summed E-state index contributed by atoms with van der Waals surface area (Å²) in [5, 5.41) is 3.00. The van der Waals surface area contributed by atoms with Crippen molar-refractivity contribution in [3.8, 4) is 0 Å². The molecule has 0 radical (unpaired) electrons. The maximum absolute atomic E-state index is 12.2. The van der Waals surface area contributed by atoms with Gasteiger partial charge >= 0.3 is 0 Å². The molecule has 2 amide bonds. The fourth-order valence-corrected chi connectivity index (χ4v) is 3.70. The molecule has 5 nitrogen and oxygen atoms in total. The highest BCUT2D eigenvalue weighted by molar-refractivity contribution is 5.95. The van der Waals surface area contributed by atoms with Gasteiger partial charge in [0.2, 0.25) is 5.91 Å². The Morgan fingerprint density at radius 3 is 2.73 bits per heavy atom. The lowest BCUT2D eigenvalue weighted by molar-refractivity contribution is -0.129. The average Bonchev–Trinajstić information content (AvgIpc) is 3.19. The Bertz CT molecular complexity index is 572. The number of nitrogens with zero attached hydrogens (tertiary/aromatic N) is 2. The van der Waals surface area contributed by atoms with Crippen molar-refractivity contribution in [1.82, 2.24) is 14.8 Å².